The third kappa shape index (κ3) is 3.32. The number of hydrogen-bond donors (Lipinski definition) is 3. The van der Waals surface area contributed by atoms with Crippen LogP contribution in [0.3, 0.4) is 0 Å². The first-order chi connectivity index (χ1) is 14.7. The Morgan fingerprint density at radius 1 is 0.967 bits per heavy atom. The fourth-order valence-corrected chi connectivity index (χ4v) is 3.29. The lowest BCUT2D eigenvalue weighted by Crippen LogP contribution is -2.03. The normalized spacial score (nSPS) is 11.5. The van der Waals surface area contributed by atoms with Gasteiger partial charge in [-0.1, -0.05) is 30.3 Å². The van der Waals surface area contributed by atoms with E-state index in [0.29, 0.717) is 22.9 Å². The highest BCUT2D eigenvalue weighted by Crippen LogP contribution is 2.25. The Hall–Kier alpha value is -4.27. The Morgan fingerprint density at radius 2 is 1.77 bits per heavy atom. The first kappa shape index (κ1) is 17.8. The van der Waals surface area contributed by atoms with Gasteiger partial charge in [-0.2, -0.15) is 10.1 Å². The maximum atomic E-state index is 4.75. The van der Waals surface area contributed by atoms with Crippen molar-refractivity contribution in [3.05, 3.63) is 65.4 Å². The fraction of sp³-hybridized carbons (Fsp3) is 0.0952. The zero-order chi connectivity index (χ0) is 20.5. The highest BCUT2D eigenvalue weighted by Gasteiger charge is 2.13. The van der Waals surface area contributed by atoms with Crippen LogP contribution < -0.4 is 10.7 Å². The van der Waals surface area contributed by atoms with Crippen molar-refractivity contribution in [2.24, 2.45) is 5.10 Å². The van der Waals surface area contributed by atoms with Gasteiger partial charge in [0.1, 0.15) is 0 Å². The number of aromatic amines is 1. The molecule has 9 nitrogen and oxygen atoms in total. The van der Waals surface area contributed by atoms with Crippen LogP contribution in [0, 0.1) is 13.8 Å². The minimum Gasteiger partial charge on any atom is -0.358 e. The Bertz CT molecular complexity index is 1380. The second kappa shape index (κ2) is 7.28. The number of aromatic nitrogens is 5. The summed E-state index contributed by atoms with van der Waals surface area (Å²) in [6.07, 6.45) is 1.76. The Morgan fingerprint density at radius 3 is 2.60 bits per heavy atom. The number of H-pyrrole nitrogens is 1. The van der Waals surface area contributed by atoms with Crippen LogP contribution in [-0.4, -0.2) is 31.5 Å². The molecule has 3 heterocycles. The number of hydrazone groups is 1. The molecule has 0 saturated carbocycles. The van der Waals surface area contributed by atoms with Crippen molar-refractivity contribution in [3.63, 3.8) is 0 Å². The van der Waals surface area contributed by atoms with E-state index in [1.807, 2.05) is 56.3 Å². The molecule has 0 bridgehead atoms. The van der Waals surface area contributed by atoms with Crippen LogP contribution >= 0.6 is 0 Å². The lowest BCUT2D eigenvalue weighted by molar-refractivity contribution is 0.314. The Labute approximate surface area is 171 Å². The third-order valence-electron chi connectivity index (χ3n) is 4.70. The van der Waals surface area contributed by atoms with E-state index in [9.17, 15) is 0 Å². The molecule has 3 aromatic heterocycles. The van der Waals surface area contributed by atoms with Crippen LogP contribution in [0.4, 0.5) is 17.3 Å². The Kier molecular flexibility index (Phi) is 4.32. The molecule has 0 spiro atoms. The van der Waals surface area contributed by atoms with Gasteiger partial charge < -0.3 is 10.3 Å². The van der Waals surface area contributed by atoms with Gasteiger partial charge >= 0.3 is 0 Å². The zero-order valence-electron chi connectivity index (χ0n) is 16.3. The van der Waals surface area contributed by atoms with E-state index in [-0.39, 0.29) is 0 Å². The van der Waals surface area contributed by atoms with Crippen molar-refractivity contribution in [1.82, 2.24) is 25.3 Å². The average molecular weight is 398 g/mol. The first-order valence-corrected chi connectivity index (χ1v) is 9.38. The molecule has 9 heteroatoms. The summed E-state index contributed by atoms with van der Waals surface area (Å²) in [5, 5.41) is 16.3. The molecule has 0 radical (unpaired) electrons. The molecule has 5 rings (SSSR count). The number of para-hydroxylation sites is 1. The van der Waals surface area contributed by atoms with E-state index < -0.39 is 0 Å². The molecule has 0 amide bonds. The minimum absolute atomic E-state index is 0.297. The monoisotopic (exact) mass is 398 g/mol. The van der Waals surface area contributed by atoms with Gasteiger partial charge in [-0.3, -0.25) is 5.43 Å². The maximum Gasteiger partial charge on any atom is 0.245 e. The molecule has 5 aromatic rings. The number of aryl methyl sites for hydroxylation is 2. The number of rotatable bonds is 5. The van der Waals surface area contributed by atoms with Crippen molar-refractivity contribution < 1.29 is 4.63 Å². The number of nitrogens with one attached hydrogen (secondary N) is 3. The van der Waals surface area contributed by atoms with Gasteiger partial charge in [0, 0.05) is 27.8 Å². The van der Waals surface area contributed by atoms with Crippen LogP contribution in [0.5, 0.6) is 0 Å². The van der Waals surface area contributed by atoms with Gasteiger partial charge in [0.25, 0.3) is 0 Å². The lowest BCUT2D eigenvalue weighted by atomic mass is 10.1. The number of fused-ring (bicyclic) bond motifs is 2. The SMILES string of the molecule is Cc1cccc(Nc2nc3nonc3nc2N/N=C\c2c(C)[nH]c3ccccc23)c1. The summed E-state index contributed by atoms with van der Waals surface area (Å²) in [6, 6.07) is 16.0. The van der Waals surface area contributed by atoms with Gasteiger partial charge in [-0.05, 0) is 47.9 Å². The predicted molar refractivity (Wildman–Crippen MR) is 116 cm³/mol. The van der Waals surface area contributed by atoms with Crippen LogP contribution in [0.25, 0.3) is 22.2 Å². The predicted octanol–water partition coefficient (Wildman–Crippen LogP) is 4.30. The molecule has 0 aliphatic carbocycles. The molecule has 30 heavy (non-hydrogen) atoms. The van der Waals surface area contributed by atoms with E-state index in [1.54, 1.807) is 6.21 Å². The summed E-state index contributed by atoms with van der Waals surface area (Å²) in [5.74, 6) is 0.880. The molecule has 0 fully saturated rings. The van der Waals surface area contributed by atoms with Crippen LogP contribution in [0.2, 0.25) is 0 Å². The van der Waals surface area contributed by atoms with Crippen molar-refractivity contribution in [2.75, 3.05) is 10.7 Å². The smallest absolute Gasteiger partial charge is 0.245 e. The quantitative estimate of drug-likeness (QED) is 0.298. The van der Waals surface area contributed by atoms with Gasteiger partial charge in [-0.15, -0.1) is 0 Å². The first-order valence-electron chi connectivity index (χ1n) is 9.38. The molecule has 0 unspecified atom stereocenters. The molecule has 0 aliphatic rings. The number of benzene rings is 2. The number of hydrogen-bond acceptors (Lipinski definition) is 8. The molecule has 0 saturated heterocycles. The van der Waals surface area contributed by atoms with Crippen LogP contribution in [0.15, 0.2) is 58.3 Å². The lowest BCUT2D eigenvalue weighted by Gasteiger charge is -2.09. The fourth-order valence-electron chi connectivity index (χ4n) is 3.29. The van der Waals surface area contributed by atoms with E-state index >= 15 is 0 Å². The zero-order valence-corrected chi connectivity index (χ0v) is 16.3. The average Bonchev–Trinajstić information content (AvgIpc) is 3.31. The number of nitrogens with zero attached hydrogens (tertiary/aromatic N) is 5. The van der Waals surface area contributed by atoms with E-state index in [4.69, 9.17) is 4.63 Å². The Balaban J connectivity index is 1.48. The van der Waals surface area contributed by atoms with Crippen LogP contribution in [0.1, 0.15) is 16.8 Å². The third-order valence-corrected chi connectivity index (χ3v) is 4.70. The molecular weight excluding hydrogens is 380 g/mol. The standard InChI is InChI=1S/C21H18N8O/c1-12-6-5-7-14(10-12)24-18-19(26-21-20(25-18)28-30-29-21)27-22-11-16-13(2)23-17-9-4-3-8-15(16)17/h3-11,23H,1-2H3,(H,24,25,28)(H,26,27,29)/b22-11-. The van der Waals surface area contributed by atoms with E-state index in [0.717, 1.165) is 33.4 Å². The largest absolute Gasteiger partial charge is 0.358 e. The topological polar surface area (TPSA) is 117 Å². The summed E-state index contributed by atoms with van der Waals surface area (Å²) in [6.45, 7) is 4.04. The summed E-state index contributed by atoms with van der Waals surface area (Å²) < 4.78 is 4.75. The minimum atomic E-state index is 0.297. The summed E-state index contributed by atoms with van der Waals surface area (Å²) in [5.41, 5.74) is 8.67. The van der Waals surface area contributed by atoms with Crippen molar-refractivity contribution in [1.29, 1.82) is 0 Å². The van der Waals surface area contributed by atoms with Crippen molar-refractivity contribution >= 4 is 45.7 Å². The summed E-state index contributed by atoms with van der Waals surface area (Å²) in [4.78, 5) is 12.2. The molecule has 2 aromatic carbocycles. The summed E-state index contributed by atoms with van der Waals surface area (Å²) in [7, 11) is 0. The van der Waals surface area contributed by atoms with Gasteiger partial charge in [0.2, 0.25) is 11.3 Å². The van der Waals surface area contributed by atoms with Gasteiger partial charge in [0.15, 0.2) is 11.6 Å². The molecular formula is C21H18N8O. The molecule has 3 N–H and O–H groups in total. The second-order valence-electron chi connectivity index (χ2n) is 6.91. The maximum absolute atomic E-state index is 4.75. The van der Waals surface area contributed by atoms with Gasteiger partial charge in [-0.25, -0.2) is 9.61 Å². The molecule has 148 valence electrons. The molecule has 0 atom stereocenters. The van der Waals surface area contributed by atoms with Crippen molar-refractivity contribution in [3.8, 4) is 0 Å². The number of anilines is 3. The van der Waals surface area contributed by atoms with E-state index in [2.05, 4.69) is 47.2 Å². The summed E-state index contributed by atoms with van der Waals surface area (Å²) >= 11 is 0. The molecule has 0 aliphatic heterocycles. The highest BCUT2D eigenvalue weighted by molar-refractivity contribution is 6.00. The van der Waals surface area contributed by atoms with Gasteiger partial charge in [0.05, 0.1) is 6.21 Å². The van der Waals surface area contributed by atoms with Crippen molar-refractivity contribution in [2.45, 2.75) is 13.8 Å². The second-order valence-corrected chi connectivity index (χ2v) is 6.91. The van der Waals surface area contributed by atoms with Crippen LogP contribution in [-0.2, 0) is 0 Å². The highest BCUT2D eigenvalue weighted by atomic mass is 16.6. The van der Waals surface area contributed by atoms with E-state index in [1.165, 1.54) is 0 Å².